The Balaban J connectivity index is 1.92. The lowest BCUT2D eigenvalue weighted by Gasteiger charge is -2.20. The van der Waals surface area contributed by atoms with Crippen molar-refractivity contribution in [2.24, 2.45) is 0 Å². The first-order valence-electron chi connectivity index (χ1n) is 6.99. The summed E-state index contributed by atoms with van der Waals surface area (Å²) in [6.07, 6.45) is -2.94. The van der Waals surface area contributed by atoms with E-state index in [1.54, 1.807) is 0 Å². The minimum absolute atomic E-state index is 0.0215. The van der Waals surface area contributed by atoms with Gasteiger partial charge in [0.15, 0.2) is 0 Å². The van der Waals surface area contributed by atoms with Gasteiger partial charge in [-0.15, -0.1) is 13.2 Å². The second-order valence-electron chi connectivity index (χ2n) is 5.13. The Hall–Kier alpha value is -1.48. The van der Waals surface area contributed by atoms with Crippen molar-refractivity contribution in [1.82, 2.24) is 5.32 Å². The van der Waals surface area contributed by atoms with Gasteiger partial charge in [0, 0.05) is 11.1 Å². The maximum atomic E-state index is 12.1. The van der Waals surface area contributed by atoms with Gasteiger partial charge < -0.3 is 20.1 Å². The number of hydrogen-bond acceptors (Lipinski definition) is 3. The minimum atomic E-state index is -4.76. The number of urea groups is 1. The number of carbonyl (C=O) groups is 1. The third kappa shape index (κ3) is 5.58. The van der Waals surface area contributed by atoms with Crippen LogP contribution in [0.25, 0.3) is 0 Å². The van der Waals surface area contributed by atoms with E-state index in [1.807, 2.05) is 6.92 Å². The zero-order valence-corrected chi connectivity index (χ0v) is 13.8. The summed E-state index contributed by atoms with van der Waals surface area (Å²) < 4.78 is 46.0. The maximum absolute atomic E-state index is 12.1. The Labute approximate surface area is 139 Å². The van der Waals surface area contributed by atoms with Gasteiger partial charge in [0.25, 0.3) is 0 Å². The van der Waals surface area contributed by atoms with Gasteiger partial charge in [-0.3, -0.25) is 0 Å². The van der Waals surface area contributed by atoms with Gasteiger partial charge in [-0.05, 0) is 53.9 Å². The number of benzene rings is 1. The lowest BCUT2D eigenvalue weighted by Crippen LogP contribution is -2.43. The Bertz CT molecular complexity index is 563. The molecule has 0 bridgehead atoms. The normalized spacial score (nSPS) is 19.3. The third-order valence-corrected chi connectivity index (χ3v) is 3.96. The van der Waals surface area contributed by atoms with Crippen molar-refractivity contribution in [2.45, 2.75) is 38.3 Å². The molecule has 0 saturated carbocycles. The fraction of sp³-hybridized carbons (Fsp3) is 0.500. The molecule has 1 heterocycles. The number of anilines is 1. The fourth-order valence-corrected chi connectivity index (χ4v) is 2.71. The SMILES string of the molecule is C[C@H](NC(=O)Nc1ccc(OC(F)(F)F)cc1Br)[C@@H]1CCCO1. The lowest BCUT2D eigenvalue weighted by molar-refractivity contribution is -0.274. The van der Waals surface area contributed by atoms with Crippen molar-refractivity contribution in [1.29, 1.82) is 0 Å². The van der Waals surface area contributed by atoms with Crippen LogP contribution in [0, 0.1) is 0 Å². The molecule has 1 aliphatic heterocycles. The Morgan fingerprint density at radius 3 is 2.78 bits per heavy atom. The van der Waals surface area contributed by atoms with Crippen LogP contribution in [0.5, 0.6) is 5.75 Å². The average molecular weight is 397 g/mol. The minimum Gasteiger partial charge on any atom is -0.406 e. The molecule has 0 aromatic heterocycles. The van der Waals surface area contributed by atoms with Crippen molar-refractivity contribution in [3.8, 4) is 5.75 Å². The second-order valence-corrected chi connectivity index (χ2v) is 5.98. The molecule has 2 N–H and O–H groups in total. The predicted molar refractivity (Wildman–Crippen MR) is 81.4 cm³/mol. The highest BCUT2D eigenvalue weighted by Crippen LogP contribution is 2.30. The quantitative estimate of drug-likeness (QED) is 0.807. The summed E-state index contributed by atoms with van der Waals surface area (Å²) in [5, 5.41) is 5.31. The standard InChI is InChI=1S/C14H16BrF3N2O3/c1-8(12-3-2-6-22-12)19-13(21)20-11-5-4-9(7-10(11)15)23-14(16,17)18/h4-5,7-8,12H,2-3,6H2,1H3,(H2,19,20,21)/t8-,12-/m0/s1. The summed E-state index contributed by atoms with van der Waals surface area (Å²) in [6.45, 7) is 2.52. The van der Waals surface area contributed by atoms with E-state index in [0.717, 1.165) is 25.0 Å². The Kier molecular flexibility index (Phi) is 5.74. The molecule has 1 aromatic carbocycles. The number of halogens is 4. The van der Waals surface area contributed by atoms with E-state index >= 15 is 0 Å². The molecule has 9 heteroatoms. The fourth-order valence-electron chi connectivity index (χ4n) is 2.25. The summed E-state index contributed by atoms with van der Waals surface area (Å²) >= 11 is 3.10. The Morgan fingerprint density at radius 1 is 1.48 bits per heavy atom. The van der Waals surface area contributed by atoms with Gasteiger partial charge in [-0.25, -0.2) is 4.79 Å². The van der Waals surface area contributed by atoms with E-state index in [4.69, 9.17) is 4.74 Å². The summed E-state index contributed by atoms with van der Waals surface area (Å²) in [5.41, 5.74) is 0.330. The number of nitrogens with one attached hydrogen (secondary N) is 2. The van der Waals surface area contributed by atoms with E-state index in [0.29, 0.717) is 12.3 Å². The van der Waals surface area contributed by atoms with Crippen LogP contribution in [0.4, 0.5) is 23.7 Å². The van der Waals surface area contributed by atoms with Crippen LogP contribution < -0.4 is 15.4 Å². The van der Waals surface area contributed by atoms with Crippen LogP contribution in [0.15, 0.2) is 22.7 Å². The molecule has 23 heavy (non-hydrogen) atoms. The molecule has 0 unspecified atom stereocenters. The molecular formula is C14H16BrF3N2O3. The smallest absolute Gasteiger partial charge is 0.406 e. The van der Waals surface area contributed by atoms with Crippen molar-refractivity contribution < 1.29 is 27.4 Å². The topological polar surface area (TPSA) is 59.6 Å². The maximum Gasteiger partial charge on any atom is 0.573 e. The molecule has 0 spiro atoms. The summed E-state index contributed by atoms with van der Waals surface area (Å²) in [7, 11) is 0. The van der Waals surface area contributed by atoms with Gasteiger partial charge in [0.05, 0.1) is 17.8 Å². The molecule has 2 rings (SSSR count). The van der Waals surface area contributed by atoms with E-state index in [1.165, 1.54) is 6.07 Å². The van der Waals surface area contributed by atoms with Crippen molar-refractivity contribution in [2.75, 3.05) is 11.9 Å². The predicted octanol–water partition coefficient (Wildman–Crippen LogP) is 4.04. The highest BCUT2D eigenvalue weighted by molar-refractivity contribution is 9.10. The molecule has 2 amide bonds. The van der Waals surface area contributed by atoms with Crippen LogP contribution >= 0.6 is 15.9 Å². The summed E-state index contributed by atoms with van der Waals surface area (Å²) in [4.78, 5) is 11.9. The first-order valence-corrected chi connectivity index (χ1v) is 7.78. The van der Waals surface area contributed by atoms with Crippen molar-refractivity contribution >= 4 is 27.6 Å². The van der Waals surface area contributed by atoms with Gasteiger partial charge in [-0.2, -0.15) is 0 Å². The lowest BCUT2D eigenvalue weighted by atomic mass is 10.1. The number of carbonyl (C=O) groups excluding carboxylic acids is 1. The molecular weight excluding hydrogens is 381 g/mol. The zero-order valence-electron chi connectivity index (χ0n) is 12.2. The number of alkyl halides is 3. The number of hydrogen-bond donors (Lipinski definition) is 2. The molecule has 2 atom stereocenters. The van der Waals surface area contributed by atoms with Crippen LogP contribution in [0.1, 0.15) is 19.8 Å². The molecule has 128 valence electrons. The van der Waals surface area contributed by atoms with Gasteiger partial charge in [0.1, 0.15) is 5.75 Å². The largest absolute Gasteiger partial charge is 0.573 e. The van der Waals surface area contributed by atoms with Gasteiger partial charge in [-0.1, -0.05) is 0 Å². The van der Waals surface area contributed by atoms with E-state index in [9.17, 15) is 18.0 Å². The van der Waals surface area contributed by atoms with Gasteiger partial charge >= 0.3 is 12.4 Å². The number of ether oxygens (including phenoxy) is 2. The number of rotatable bonds is 4. The average Bonchev–Trinajstić information content (AvgIpc) is 2.94. The zero-order chi connectivity index (χ0) is 17.0. The third-order valence-electron chi connectivity index (χ3n) is 3.30. The van der Waals surface area contributed by atoms with E-state index in [-0.39, 0.29) is 22.4 Å². The second kappa shape index (κ2) is 7.39. The van der Waals surface area contributed by atoms with Crippen molar-refractivity contribution in [3.05, 3.63) is 22.7 Å². The highest BCUT2D eigenvalue weighted by atomic mass is 79.9. The van der Waals surface area contributed by atoms with E-state index < -0.39 is 12.4 Å². The van der Waals surface area contributed by atoms with Crippen LogP contribution in [0.2, 0.25) is 0 Å². The van der Waals surface area contributed by atoms with E-state index in [2.05, 4.69) is 31.3 Å². The van der Waals surface area contributed by atoms with Crippen LogP contribution in [-0.4, -0.2) is 31.1 Å². The summed E-state index contributed by atoms with van der Waals surface area (Å²) in [6, 6.07) is 2.95. The summed E-state index contributed by atoms with van der Waals surface area (Å²) in [5.74, 6) is -0.372. The number of amides is 2. The molecule has 5 nitrogen and oxygen atoms in total. The molecule has 0 aliphatic carbocycles. The Morgan fingerprint density at radius 2 is 2.22 bits per heavy atom. The first kappa shape index (κ1) is 17.9. The van der Waals surface area contributed by atoms with Crippen LogP contribution in [-0.2, 0) is 4.74 Å². The van der Waals surface area contributed by atoms with Gasteiger partial charge in [0.2, 0.25) is 0 Å². The van der Waals surface area contributed by atoms with Crippen molar-refractivity contribution in [3.63, 3.8) is 0 Å². The molecule has 1 saturated heterocycles. The highest BCUT2D eigenvalue weighted by Gasteiger charge is 2.31. The first-order chi connectivity index (χ1) is 10.7. The molecule has 1 fully saturated rings. The monoisotopic (exact) mass is 396 g/mol. The molecule has 1 aromatic rings. The molecule has 0 radical (unpaired) electrons. The van der Waals surface area contributed by atoms with Crippen LogP contribution in [0.3, 0.4) is 0 Å². The molecule has 1 aliphatic rings.